The maximum Gasteiger partial charge on any atom is 0.234 e. The molecule has 0 saturated carbocycles. The number of hydrogen-bond acceptors (Lipinski definition) is 2. The minimum Gasteiger partial charge on any atom is -0.346 e. The van der Waals surface area contributed by atoms with Crippen LogP contribution in [0, 0.1) is 0 Å². The molecule has 0 bridgehead atoms. The molecule has 0 radical (unpaired) electrons. The third-order valence-electron chi connectivity index (χ3n) is 2.37. The van der Waals surface area contributed by atoms with Gasteiger partial charge in [0.1, 0.15) is 0 Å². The van der Waals surface area contributed by atoms with Crippen LogP contribution in [0.1, 0.15) is 19.4 Å². The molecule has 0 spiro atoms. The molecule has 94 valence electrons. The molecule has 0 atom stereocenters. The molecule has 0 fully saturated rings. The summed E-state index contributed by atoms with van der Waals surface area (Å²) in [6.07, 6.45) is 0. The number of likely N-dealkylation sites (N-methyl/N-ethyl adjacent to an activating group) is 1. The fraction of sp³-hybridized carbons (Fsp3) is 0.417. The summed E-state index contributed by atoms with van der Waals surface area (Å²) in [5.41, 5.74) is 0.363. The second kappa shape index (κ2) is 5.71. The van der Waals surface area contributed by atoms with Crippen LogP contribution < -0.4 is 10.6 Å². The zero-order chi connectivity index (χ0) is 13.1. The minimum atomic E-state index is -0.511. The van der Waals surface area contributed by atoms with Crippen molar-refractivity contribution >= 4 is 29.1 Å². The third kappa shape index (κ3) is 4.19. The number of hydrogen-bond donors (Lipinski definition) is 2. The van der Waals surface area contributed by atoms with Gasteiger partial charge in [-0.3, -0.25) is 4.79 Å². The fourth-order valence-corrected chi connectivity index (χ4v) is 2.07. The molecule has 0 unspecified atom stereocenters. The zero-order valence-corrected chi connectivity index (χ0v) is 11.6. The van der Waals surface area contributed by atoms with E-state index in [2.05, 4.69) is 10.6 Å². The molecule has 1 amide bonds. The van der Waals surface area contributed by atoms with Crippen LogP contribution >= 0.6 is 23.2 Å². The summed E-state index contributed by atoms with van der Waals surface area (Å²) in [4.78, 5) is 11.6. The molecule has 0 aliphatic carbocycles. The first-order valence-corrected chi connectivity index (χ1v) is 6.03. The molecular formula is C12H16Cl2N2O. The lowest BCUT2D eigenvalue weighted by molar-refractivity contribution is -0.121. The standard InChI is InChI=1S/C12H16Cl2N2O/c1-12(2,16-11(17)7-15-3)8-4-9(13)6-10(14)5-8/h4-6,15H,7H2,1-3H3,(H,16,17). The van der Waals surface area contributed by atoms with Gasteiger partial charge >= 0.3 is 0 Å². The molecule has 3 nitrogen and oxygen atoms in total. The van der Waals surface area contributed by atoms with E-state index in [4.69, 9.17) is 23.2 Å². The molecule has 0 heterocycles. The van der Waals surface area contributed by atoms with E-state index in [9.17, 15) is 4.79 Å². The van der Waals surface area contributed by atoms with Crippen LogP contribution in [0.15, 0.2) is 18.2 Å². The van der Waals surface area contributed by atoms with Crippen molar-refractivity contribution in [3.05, 3.63) is 33.8 Å². The monoisotopic (exact) mass is 274 g/mol. The van der Waals surface area contributed by atoms with Crippen molar-refractivity contribution in [2.45, 2.75) is 19.4 Å². The molecule has 1 aromatic rings. The van der Waals surface area contributed by atoms with Crippen LogP contribution in [-0.4, -0.2) is 19.5 Å². The highest BCUT2D eigenvalue weighted by Gasteiger charge is 2.23. The lowest BCUT2D eigenvalue weighted by atomic mass is 9.94. The number of halogens is 2. The first kappa shape index (κ1) is 14.3. The first-order valence-electron chi connectivity index (χ1n) is 5.27. The van der Waals surface area contributed by atoms with Gasteiger partial charge in [0, 0.05) is 10.0 Å². The van der Waals surface area contributed by atoms with Crippen molar-refractivity contribution in [1.82, 2.24) is 10.6 Å². The normalized spacial score (nSPS) is 11.4. The summed E-state index contributed by atoms with van der Waals surface area (Å²) in [6, 6.07) is 5.26. The Kier molecular flexibility index (Phi) is 4.80. The quantitative estimate of drug-likeness (QED) is 0.886. The lowest BCUT2D eigenvalue weighted by Crippen LogP contribution is -2.44. The number of rotatable bonds is 4. The third-order valence-corrected chi connectivity index (χ3v) is 2.81. The average molecular weight is 275 g/mol. The SMILES string of the molecule is CNCC(=O)NC(C)(C)c1cc(Cl)cc(Cl)c1. The fourth-order valence-electron chi connectivity index (χ4n) is 1.54. The van der Waals surface area contributed by atoms with Gasteiger partial charge in [-0.05, 0) is 44.7 Å². The van der Waals surface area contributed by atoms with Gasteiger partial charge in [-0.1, -0.05) is 23.2 Å². The number of nitrogens with one attached hydrogen (secondary N) is 2. The van der Waals surface area contributed by atoms with Crippen LogP contribution in [0.3, 0.4) is 0 Å². The highest BCUT2D eigenvalue weighted by Crippen LogP contribution is 2.27. The Morgan fingerprint density at radius 2 is 1.76 bits per heavy atom. The second-order valence-electron chi connectivity index (χ2n) is 4.36. The number of benzene rings is 1. The van der Waals surface area contributed by atoms with Gasteiger partial charge in [-0.2, -0.15) is 0 Å². The molecule has 1 aromatic carbocycles. The summed E-state index contributed by atoms with van der Waals surface area (Å²) in [6.45, 7) is 4.09. The van der Waals surface area contributed by atoms with Crippen LogP contribution in [0.2, 0.25) is 10.0 Å². The summed E-state index contributed by atoms with van der Waals surface area (Å²) < 4.78 is 0. The van der Waals surface area contributed by atoms with Crippen LogP contribution in [0.5, 0.6) is 0 Å². The topological polar surface area (TPSA) is 41.1 Å². The first-order chi connectivity index (χ1) is 7.85. The molecule has 0 aromatic heterocycles. The molecule has 0 saturated heterocycles. The zero-order valence-electron chi connectivity index (χ0n) is 10.1. The van der Waals surface area contributed by atoms with Crippen molar-refractivity contribution in [3.63, 3.8) is 0 Å². The van der Waals surface area contributed by atoms with E-state index in [-0.39, 0.29) is 12.5 Å². The van der Waals surface area contributed by atoms with Crippen molar-refractivity contribution in [2.75, 3.05) is 13.6 Å². The second-order valence-corrected chi connectivity index (χ2v) is 5.23. The Labute approximate surface area is 111 Å². The minimum absolute atomic E-state index is 0.0754. The van der Waals surface area contributed by atoms with Gasteiger partial charge in [0.2, 0.25) is 5.91 Å². The van der Waals surface area contributed by atoms with Crippen molar-refractivity contribution in [3.8, 4) is 0 Å². The van der Waals surface area contributed by atoms with Gasteiger partial charge in [0.25, 0.3) is 0 Å². The maximum absolute atomic E-state index is 11.6. The highest BCUT2D eigenvalue weighted by atomic mass is 35.5. The molecule has 2 N–H and O–H groups in total. The maximum atomic E-state index is 11.6. The van der Waals surface area contributed by atoms with E-state index >= 15 is 0 Å². The van der Waals surface area contributed by atoms with E-state index in [1.54, 1.807) is 25.2 Å². The Hall–Kier alpha value is -0.770. The van der Waals surface area contributed by atoms with Gasteiger partial charge in [0.15, 0.2) is 0 Å². The number of carbonyl (C=O) groups excluding carboxylic acids is 1. The summed E-state index contributed by atoms with van der Waals surface area (Å²) >= 11 is 11.9. The van der Waals surface area contributed by atoms with Crippen molar-refractivity contribution in [2.24, 2.45) is 0 Å². The molecule has 0 aliphatic rings. The van der Waals surface area contributed by atoms with Crippen LogP contribution in [0.25, 0.3) is 0 Å². The predicted octanol–water partition coefficient (Wildman–Crippen LogP) is 2.56. The molecule has 0 aliphatic heterocycles. The molecule has 5 heteroatoms. The Morgan fingerprint density at radius 3 is 2.24 bits per heavy atom. The van der Waals surface area contributed by atoms with Crippen LogP contribution in [0.4, 0.5) is 0 Å². The van der Waals surface area contributed by atoms with E-state index in [0.29, 0.717) is 10.0 Å². The van der Waals surface area contributed by atoms with Gasteiger partial charge in [0.05, 0.1) is 12.1 Å². The van der Waals surface area contributed by atoms with Gasteiger partial charge < -0.3 is 10.6 Å². The number of carbonyl (C=O) groups is 1. The smallest absolute Gasteiger partial charge is 0.234 e. The number of amides is 1. The predicted molar refractivity (Wildman–Crippen MR) is 71.6 cm³/mol. The van der Waals surface area contributed by atoms with E-state index < -0.39 is 5.54 Å². The average Bonchev–Trinajstić information content (AvgIpc) is 2.15. The van der Waals surface area contributed by atoms with Crippen molar-refractivity contribution in [1.29, 1.82) is 0 Å². The van der Waals surface area contributed by atoms with E-state index in [1.807, 2.05) is 13.8 Å². The molecular weight excluding hydrogens is 259 g/mol. The lowest BCUT2D eigenvalue weighted by Gasteiger charge is -2.27. The summed E-state index contributed by atoms with van der Waals surface area (Å²) in [5, 5.41) is 6.83. The Balaban J connectivity index is 2.92. The molecule has 17 heavy (non-hydrogen) atoms. The van der Waals surface area contributed by atoms with Crippen LogP contribution in [-0.2, 0) is 10.3 Å². The van der Waals surface area contributed by atoms with E-state index in [1.165, 1.54) is 0 Å². The summed E-state index contributed by atoms with van der Waals surface area (Å²) in [5.74, 6) is -0.0754. The highest BCUT2D eigenvalue weighted by molar-refractivity contribution is 6.34. The molecule has 1 rings (SSSR count). The largest absolute Gasteiger partial charge is 0.346 e. The Morgan fingerprint density at radius 1 is 1.24 bits per heavy atom. The van der Waals surface area contributed by atoms with Crippen molar-refractivity contribution < 1.29 is 4.79 Å². The van der Waals surface area contributed by atoms with E-state index in [0.717, 1.165) is 5.56 Å². The van der Waals surface area contributed by atoms with Gasteiger partial charge in [-0.25, -0.2) is 0 Å². The summed E-state index contributed by atoms with van der Waals surface area (Å²) in [7, 11) is 1.73. The Bertz CT molecular complexity index is 399. The van der Waals surface area contributed by atoms with Gasteiger partial charge in [-0.15, -0.1) is 0 Å².